The fraction of sp³-hybridized carbons (Fsp3) is 0.100. The fourth-order valence-corrected chi connectivity index (χ4v) is 1.42. The maximum atomic E-state index is 5.19. The smallest absolute Gasteiger partial charge is 0.107 e. The first kappa shape index (κ1) is 8.26. The van der Waals surface area contributed by atoms with Crippen molar-refractivity contribution in [3.63, 3.8) is 0 Å². The molecule has 0 radical (unpaired) electrons. The van der Waals surface area contributed by atoms with Crippen molar-refractivity contribution in [2.75, 3.05) is 0 Å². The Morgan fingerprint density at radius 3 is 2.62 bits per heavy atom. The second-order valence-electron chi connectivity index (χ2n) is 2.74. The Labute approximate surface area is 82.0 Å². The van der Waals surface area contributed by atoms with E-state index in [1.807, 2.05) is 30.3 Å². The van der Waals surface area contributed by atoms with Crippen molar-refractivity contribution in [2.24, 2.45) is 10.2 Å². The van der Waals surface area contributed by atoms with Gasteiger partial charge in [-0.05, 0) is 0 Å². The number of hydrogen-bond donors (Lipinski definition) is 0. The van der Waals surface area contributed by atoms with Gasteiger partial charge in [0.2, 0.25) is 0 Å². The molecule has 0 saturated heterocycles. The second-order valence-corrected chi connectivity index (χ2v) is 3.23. The van der Waals surface area contributed by atoms with E-state index in [4.69, 9.17) is 12.2 Å². The molecule has 0 atom stereocenters. The summed E-state index contributed by atoms with van der Waals surface area (Å²) >= 11 is 5.19. The maximum Gasteiger partial charge on any atom is 0.107 e. The highest BCUT2D eigenvalue weighted by molar-refractivity contribution is 7.82. The van der Waals surface area contributed by atoms with E-state index in [2.05, 4.69) is 10.2 Å². The van der Waals surface area contributed by atoms with Crippen molar-refractivity contribution in [1.29, 1.82) is 0 Å². The monoisotopic (exact) mass is 188 g/mol. The van der Waals surface area contributed by atoms with Gasteiger partial charge in [-0.15, -0.1) is 5.10 Å². The summed E-state index contributed by atoms with van der Waals surface area (Å²) in [6.07, 6.45) is 2.46. The molecule has 1 aliphatic rings. The lowest BCUT2D eigenvalue weighted by Crippen LogP contribution is -2.15. The molecule has 0 amide bonds. The number of thiocarbonyl (C=S) groups is 1. The quantitative estimate of drug-likeness (QED) is 0.620. The standard InChI is InChI=1S/C10H8N2S/c13-9-6-7-11-12-10(9)8-4-2-1-3-5-8/h1-5,7H,6H2. The molecule has 1 aromatic rings. The van der Waals surface area contributed by atoms with Crippen LogP contribution in [0.3, 0.4) is 0 Å². The van der Waals surface area contributed by atoms with E-state index in [9.17, 15) is 0 Å². The van der Waals surface area contributed by atoms with E-state index >= 15 is 0 Å². The lowest BCUT2D eigenvalue weighted by molar-refractivity contribution is 1.23. The Kier molecular flexibility index (Phi) is 2.27. The lowest BCUT2D eigenvalue weighted by Gasteiger charge is -2.07. The van der Waals surface area contributed by atoms with Gasteiger partial charge >= 0.3 is 0 Å². The second kappa shape index (κ2) is 3.58. The SMILES string of the molecule is S=C1CC=NN=C1c1ccccc1. The van der Waals surface area contributed by atoms with Gasteiger partial charge in [0.05, 0.1) is 0 Å². The molecule has 1 aliphatic heterocycles. The third-order valence-corrected chi connectivity index (χ3v) is 2.19. The van der Waals surface area contributed by atoms with Crippen molar-refractivity contribution in [3.8, 4) is 0 Å². The molecule has 0 aliphatic carbocycles. The van der Waals surface area contributed by atoms with Crippen LogP contribution in [0.25, 0.3) is 0 Å². The van der Waals surface area contributed by atoms with Crippen molar-refractivity contribution in [2.45, 2.75) is 6.42 Å². The highest BCUT2D eigenvalue weighted by Gasteiger charge is 2.10. The summed E-state index contributed by atoms with van der Waals surface area (Å²) in [4.78, 5) is 0.862. The van der Waals surface area contributed by atoms with E-state index in [1.165, 1.54) is 0 Å². The van der Waals surface area contributed by atoms with Gasteiger partial charge < -0.3 is 0 Å². The van der Waals surface area contributed by atoms with Crippen molar-refractivity contribution in [1.82, 2.24) is 0 Å². The fourth-order valence-electron chi connectivity index (χ4n) is 1.19. The molecule has 1 aromatic carbocycles. The van der Waals surface area contributed by atoms with Crippen LogP contribution in [0.2, 0.25) is 0 Å². The first-order valence-electron chi connectivity index (χ1n) is 4.06. The maximum absolute atomic E-state index is 5.19. The number of benzene rings is 1. The van der Waals surface area contributed by atoms with Gasteiger partial charge in [-0.3, -0.25) is 0 Å². The van der Waals surface area contributed by atoms with Crippen LogP contribution in [-0.2, 0) is 0 Å². The van der Waals surface area contributed by atoms with Crippen LogP contribution in [0, 0.1) is 0 Å². The third-order valence-electron chi connectivity index (χ3n) is 1.83. The molecule has 0 N–H and O–H groups in total. The molecule has 3 heteroatoms. The molecule has 64 valence electrons. The molecule has 0 aromatic heterocycles. The van der Waals surface area contributed by atoms with Gasteiger partial charge in [0.15, 0.2) is 0 Å². The Morgan fingerprint density at radius 1 is 1.15 bits per heavy atom. The summed E-state index contributed by atoms with van der Waals surface area (Å²) < 4.78 is 0. The zero-order valence-corrected chi connectivity index (χ0v) is 7.79. The number of rotatable bonds is 1. The first-order valence-corrected chi connectivity index (χ1v) is 4.47. The summed E-state index contributed by atoms with van der Waals surface area (Å²) in [5.74, 6) is 0. The van der Waals surface area contributed by atoms with Gasteiger partial charge in [0.1, 0.15) is 5.71 Å². The molecule has 0 fully saturated rings. The van der Waals surface area contributed by atoms with Gasteiger partial charge in [0, 0.05) is 23.1 Å². The van der Waals surface area contributed by atoms with E-state index in [0.29, 0.717) is 0 Å². The molecule has 0 spiro atoms. The van der Waals surface area contributed by atoms with Crippen LogP contribution in [-0.4, -0.2) is 16.8 Å². The summed E-state index contributed by atoms with van der Waals surface area (Å²) in [5.41, 5.74) is 1.88. The average Bonchev–Trinajstić information content (AvgIpc) is 2.20. The molecule has 1 heterocycles. The van der Waals surface area contributed by atoms with Crippen LogP contribution in [0.15, 0.2) is 40.5 Å². The minimum absolute atomic E-state index is 0.725. The predicted octanol–water partition coefficient (Wildman–Crippen LogP) is 2.24. The minimum atomic E-state index is 0.725. The number of nitrogens with zero attached hydrogens (tertiary/aromatic N) is 2. The summed E-state index contributed by atoms with van der Waals surface area (Å²) in [6, 6.07) is 9.90. The molecular weight excluding hydrogens is 180 g/mol. The Hall–Kier alpha value is -1.35. The van der Waals surface area contributed by atoms with Gasteiger partial charge in [-0.2, -0.15) is 5.10 Å². The van der Waals surface area contributed by atoms with E-state index in [0.717, 1.165) is 22.6 Å². The Morgan fingerprint density at radius 2 is 1.92 bits per heavy atom. The van der Waals surface area contributed by atoms with Crippen LogP contribution >= 0.6 is 12.2 Å². The summed E-state index contributed by atoms with van der Waals surface area (Å²) in [7, 11) is 0. The average molecular weight is 188 g/mol. The Bertz CT molecular complexity index is 379. The van der Waals surface area contributed by atoms with Gasteiger partial charge in [-0.1, -0.05) is 42.5 Å². The third kappa shape index (κ3) is 1.70. The van der Waals surface area contributed by atoms with Crippen LogP contribution in [0.5, 0.6) is 0 Å². The normalized spacial score (nSPS) is 15.7. The largest absolute Gasteiger partial charge is 0.163 e. The van der Waals surface area contributed by atoms with Crippen molar-refractivity contribution >= 4 is 29.0 Å². The molecule has 0 bridgehead atoms. The molecule has 0 saturated carbocycles. The predicted molar refractivity (Wildman–Crippen MR) is 58.7 cm³/mol. The van der Waals surface area contributed by atoms with Gasteiger partial charge in [-0.25, -0.2) is 0 Å². The molecular formula is C10H8N2S. The van der Waals surface area contributed by atoms with Crippen molar-refractivity contribution < 1.29 is 0 Å². The topological polar surface area (TPSA) is 24.7 Å². The molecule has 2 rings (SSSR count). The van der Waals surface area contributed by atoms with E-state index in [-0.39, 0.29) is 0 Å². The van der Waals surface area contributed by atoms with Crippen LogP contribution < -0.4 is 0 Å². The highest BCUT2D eigenvalue weighted by Crippen LogP contribution is 2.07. The number of hydrogen-bond acceptors (Lipinski definition) is 3. The zero-order valence-electron chi connectivity index (χ0n) is 6.97. The van der Waals surface area contributed by atoms with Crippen LogP contribution in [0.1, 0.15) is 12.0 Å². The van der Waals surface area contributed by atoms with Crippen molar-refractivity contribution in [3.05, 3.63) is 35.9 Å². The first-order chi connectivity index (χ1) is 6.38. The molecule has 0 unspecified atom stereocenters. The highest BCUT2D eigenvalue weighted by atomic mass is 32.1. The van der Waals surface area contributed by atoms with Gasteiger partial charge in [0.25, 0.3) is 0 Å². The zero-order chi connectivity index (χ0) is 9.10. The molecule has 13 heavy (non-hydrogen) atoms. The summed E-state index contributed by atoms with van der Waals surface area (Å²) in [6.45, 7) is 0. The van der Waals surface area contributed by atoms with Crippen LogP contribution in [0.4, 0.5) is 0 Å². The minimum Gasteiger partial charge on any atom is -0.163 e. The van der Waals surface area contributed by atoms with E-state index < -0.39 is 0 Å². The Balaban J connectivity index is 2.41. The van der Waals surface area contributed by atoms with E-state index in [1.54, 1.807) is 6.21 Å². The lowest BCUT2D eigenvalue weighted by atomic mass is 10.1. The molecule has 2 nitrogen and oxygen atoms in total. The summed E-state index contributed by atoms with van der Waals surface area (Å²) in [5, 5.41) is 7.89.